The number of fused-ring (bicyclic) bond motifs is 1. The van der Waals surface area contributed by atoms with Gasteiger partial charge in [-0.1, -0.05) is 75.6 Å². The molecule has 2 aromatic rings. The highest BCUT2D eigenvalue weighted by Gasteiger charge is 2.43. The average Bonchev–Trinajstić information content (AvgIpc) is 3.35. The van der Waals surface area contributed by atoms with Crippen LogP contribution in [-0.2, 0) is 9.47 Å². The van der Waals surface area contributed by atoms with Gasteiger partial charge in [0.2, 0.25) is 0 Å². The lowest BCUT2D eigenvalue weighted by atomic mass is 9.99. The van der Waals surface area contributed by atoms with E-state index in [-0.39, 0.29) is 0 Å². The normalized spacial score (nSPS) is 24.3. The molecule has 2 nitrogen and oxygen atoms in total. The first-order valence-corrected chi connectivity index (χ1v) is 13.6. The molecule has 0 radical (unpaired) electrons. The minimum absolute atomic E-state index is 0.398. The van der Waals surface area contributed by atoms with Gasteiger partial charge in [0.1, 0.15) is 0 Å². The second-order valence-corrected chi connectivity index (χ2v) is 11.3. The Labute approximate surface area is 207 Å². The zero-order valence-electron chi connectivity index (χ0n) is 22.4. The van der Waals surface area contributed by atoms with Crippen LogP contribution < -0.4 is 0 Å². The quantitative estimate of drug-likeness (QED) is 0.420. The molecule has 3 unspecified atom stereocenters. The van der Waals surface area contributed by atoms with Gasteiger partial charge in [-0.05, 0) is 63.3 Å². The number of ether oxygens (including phenoxy) is 2. The largest absolute Gasteiger partial charge is 0.375 e. The topological polar surface area (TPSA) is 18.5 Å². The number of hydrogen-bond donors (Lipinski definition) is 0. The highest BCUT2D eigenvalue weighted by molar-refractivity contribution is 7.99. The minimum Gasteiger partial charge on any atom is -0.375 e. The van der Waals surface area contributed by atoms with E-state index in [4.69, 9.17) is 9.47 Å². The summed E-state index contributed by atoms with van der Waals surface area (Å²) in [6.07, 6.45) is 2.07. The van der Waals surface area contributed by atoms with Gasteiger partial charge in [-0.25, -0.2) is 0 Å². The van der Waals surface area contributed by atoms with Crippen molar-refractivity contribution < 1.29 is 9.47 Å². The molecule has 0 N–H and O–H groups in total. The summed E-state index contributed by atoms with van der Waals surface area (Å²) in [5.41, 5.74) is 6.87. The third-order valence-electron chi connectivity index (χ3n) is 6.77. The standard InChI is InChI=1S/C13H20S.C9H12.C8H14O2/c1-5-10(2)9-14-13-8-11(3)6-7-12(13)4;1-7-4-5-8(2)9(3)6-7;1-5-3-9-8-6(2)4-10-7(5)8/h6-8,10H,5,9H2,1-4H3;4-6H,1-3H3;5-8H,3-4H2,1-2H3/t;;5-,6+,7?,8?. The van der Waals surface area contributed by atoms with Gasteiger partial charge in [-0.3, -0.25) is 0 Å². The Kier molecular flexibility index (Phi) is 11.5. The van der Waals surface area contributed by atoms with Crippen LogP contribution in [0.3, 0.4) is 0 Å². The maximum atomic E-state index is 5.58. The lowest BCUT2D eigenvalue weighted by Crippen LogP contribution is -2.23. The molecule has 2 aliphatic rings. The number of hydrogen-bond acceptors (Lipinski definition) is 3. The van der Waals surface area contributed by atoms with E-state index in [9.17, 15) is 0 Å². The van der Waals surface area contributed by atoms with Gasteiger partial charge >= 0.3 is 0 Å². The second kappa shape index (κ2) is 13.6. The molecule has 4 rings (SSSR count). The Morgan fingerprint density at radius 1 is 0.788 bits per heavy atom. The first-order valence-electron chi connectivity index (χ1n) is 12.6. The van der Waals surface area contributed by atoms with E-state index in [0.29, 0.717) is 24.0 Å². The maximum absolute atomic E-state index is 5.58. The van der Waals surface area contributed by atoms with Gasteiger partial charge in [0, 0.05) is 22.5 Å². The maximum Gasteiger partial charge on any atom is 0.0887 e. The van der Waals surface area contributed by atoms with Crippen molar-refractivity contribution in [2.75, 3.05) is 19.0 Å². The van der Waals surface area contributed by atoms with Crippen LogP contribution in [-0.4, -0.2) is 31.2 Å². The minimum atomic E-state index is 0.398. The predicted molar refractivity (Wildman–Crippen MR) is 145 cm³/mol. The summed E-state index contributed by atoms with van der Waals surface area (Å²) in [5, 5.41) is 0. The SMILES string of the molecule is CCC(C)CSc1cc(C)ccc1C.C[C@@H]1COC2C1OC[C@@H]2C.Cc1ccc(C)c(C)c1. The Hall–Kier alpha value is -1.29. The number of rotatable bonds is 4. The summed E-state index contributed by atoms with van der Waals surface area (Å²) in [4.78, 5) is 1.45. The molecule has 2 fully saturated rings. The van der Waals surface area contributed by atoms with E-state index in [1.807, 2.05) is 11.8 Å². The van der Waals surface area contributed by atoms with Crippen molar-refractivity contribution in [3.63, 3.8) is 0 Å². The van der Waals surface area contributed by atoms with Crippen LogP contribution >= 0.6 is 11.8 Å². The van der Waals surface area contributed by atoms with E-state index >= 15 is 0 Å². The van der Waals surface area contributed by atoms with Crippen molar-refractivity contribution in [3.8, 4) is 0 Å². The molecule has 2 aliphatic heterocycles. The van der Waals surface area contributed by atoms with E-state index in [1.165, 1.54) is 44.9 Å². The Bertz CT molecular complexity index is 846. The highest BCUT2D eigenvalue weighted by atomic mass is 32.2. The lowest BCUT2D eigenvalue weighted by Gasteiger charge is -2.10. The fourth-order valence-corrected chi connectivity index (χ4v) is 5.25. The third-order valence-corrected chi connectivity index (χ3v) is 8.26. The van der Waals surface area contributed by atoms with Gasteiger partial charge in [0.15, 0.2) is 0 Å². The number of thioether (sulfide) groups is 1. The lowest BCUT2D eigenvalue weighted by molar-refractivity contribution is 0.0627. The molecule has 0 aliphatic carbocycles. The van der Waals surface area contributed by atoms with Crippen LogP contribution in [0.2, 0.25) is 0 Å². The second-order valence-electron chi connectivity index (χ2n) is 10.2. The van der Waals surface area contributed by atoms with Crippen LogP contribution in [0.4, 0.5) is 0 Å². The van der Waals surface area contributed by atoms with Crippen molar-refractivity contribution >= 4 is 11.8 Å². The summed E-state index contributed by atoms with van der Waals surface area (Å²) < 4.78 is 11.2. The Morgan fingerprint density at radius 2 is 1.30 bits per heavy atom. The van der Waals surface area contributed by atoms with Crippen LogP contribution in [0.1, 0.15) is 61.9 Å². The van der Waals surface area contributed by atoms with E-state index < -0.39 is 0 Å². The van der Waals surface area contributed by atoms with Crippen LogP contribution in [0.25, 0.3) is 0 Å². The number of benzene rings is 2. The molecule has 2 aromatic carbocycles. The first-order chi connectivity index (χ1) is 15.6. The van der Waals surface area contributed by atoms with Gasteiger partial charge in [0.25, 0.3) is 0 Å². The van der Waals surface area contributed by atoms with Gasteiger partial charge in [-0.15, -0.1) is 11.8 Å². The molecular weight excluding hydrogens is 424 g/mol. The molecule has 2 heterocycles. The van der Waals surface area contributed by atoms with Gasteiger partial charge < -0.3 is 9.47 Å². The number of aryl methyl sites for hydroxylation is 5. The molecule has 3 heteroatoms. The monoisotopic (exact) mass is 470 g/mol. The molecular formula is C30H46O2S. The van der Waals surface area contributed by atoms with Crippen LogP contribution in [0.15, 0.2) is 41.3 Å². The Morgan fingerprint density at radius 3 is 1.79 bits per heavy atom. The van der Waals surface area contributed by atoms with Crippen molar-refractivity contribution in [2.45, 2.75) is 85.8 Å². The molecule has 0 bridgehead atoms. The molecule has 33 heavy (non-hydrogen) atoms. The zero-order valence-corrected chi connectivity index (χ0v) is 23.2. The van der Waals surface area contributed by atoms with Crippen LogP contribution in [0, 0.1) is 52.4 Å². The third kappa shape index (κ3) is 8.77. The average molecular weight is 471 g/mol. The summed E-state index contributed by atoms with van der Waals surface area (Å²) >= 11 is 1.99. The highest BCUT2D eigenvalue weighted by Crippen LogP contribution is 2.33. The van der Waals surface area contributed by atoms with Crippen molar-refractivity contribution in [3.05, 3.63) is 64.2 Å². The van der Waals surface area contributed by atoms with E-state index in [0.717, 1.165) is 19.1 Å². The van der Waals surface area contributed by atoms with Crippen molar-refractivity contribution in [1.29, 1.82) is 0 Å². The molecule has 0 amide bonds. The van der Waals surface area contributed by atoms with Crippen molar-refractivity contribution in [1.82, 2.24) is 0 Å². The van der Waals surface area contributed by atoms with Gasteiger partial charge in [0.05, 0.1) is 25.4 Å². The molecule has 0 spiro atoms. The van der Waals surface area contributed by atoms with Gasteiger partial charge in [-0.2, -0.15) is 0 Å². The molecule has 0 saturated carbocycles. The summed E-state index contributed by atoms with van der Waals surface area (Å²) in [7, 11) is 0. The van der Waals surface area contributed by atoms with Crippen molar-refractivity contribution in [2.24, 2.45) is 17.8 Å². The molecule has 184 valence electrons. The predicted octanol–water partition coefficient (Wildman–Crippen LogP) is 8.11. The summed E-state index contributed by atoms with van der Waals surface area (Å²) in [6, 6.07) is 13.2. The Balaban J connectivity index is 0.000000180. The molecule has 2 saturated heterocycles. The first kappa shape index (κ1) is 28.0. The summed E-state index contributed by atoms with van der Waals surface area (Å²) in [5.74, 6) is 3.27. The summed E-state index contributed by atoms with van der Waals surface area (Å²) in [6.45, 7) is 21.5. The molecule has 0 aromatic heterocycles. The fraction of sp³-hybridized carbons (Fsp3) is 0.600. The fourth-order valence-electron chi connectivity index (χ4n) is 3.99. The molecule has 5 atom stereocenters. The van der Waals surface area contributed by atoms with E-state index in [1.54, 1.807) is 0 Å². The van der Waals surface area contributed by atoms with E-state index in [2.05, 4.69) is 98.7 Å². The smallest absolute Gasteiger partial charge is 0.0887 e. The zero-order chi connectivity index (χ0) is 24.5. The van der Waals surface area contributed by atoms with Crippen LogP contribution in [0.5, 0.6) is 0 Å².